The van der Waals surface area contributed by atoms with Crippen LogP contribution >= 0.6 is 0 Å². The van der Waals surface area contributed by atoms with Crippen molar-refractivity contribution in [3.05, 3.63) is 71.8 Å². The van der Waals surface area contributed by atoms with Crippen molar-refractivity contribution in [2.75, 3.05) is 7.11 Å². The van der Waals surface area contributed by atoms with Crippen molar-refractivity contribution >= 4 is 17.9 Å². The minimum absolute atomic E-state index is 0.124. The number of carbonyl (C=O) groups excluding carboxylic acids is 1. The topological polar surface area (TPSA) is 46.5 Å². The van der Waals surface area contributed by atoms with Gasteiger partial charge in [0.15, 0.2) is 5.78 Å². The van der Waals surface area contributed by atoms with Crippen molar-refractivity contribution in [1.82, 2.24) is 0 Å². The molecule has 0 atom stereocenters. The molecule has 0 bridgehead atoms. The number of ketones is 1. The summed E-state index contributed by atoms with van der Waals surface area (Å²) >= 11 is 0. The normalized spacial score (nSPS) is 11.1. The Labute approximate surface area is 123 Å². The molecule has 0 fully saturated rings. The SMILES string of the molecule is COc1cccc(/C=C/C(=O)/C=C/c2cccc(O)c2)c1. The fourth-order valence-electron chi connectivity index (χ4n) is 1.79. The molecule has 0 amide bonds. The van der Waals surface area contributed by atoms with Crippen molar-refractivity contribution in [2.24, 2.45) is 0 Å². The van der Waals surface area contributed by atoms with Gasteiger partial charge in [-0.25, -0.2) is 0 Å². The smallest absolute Gasteiger partial charge is 0.178 e. The van der Waals surface area contributed by atoms with Gasteiger partial charge in [-0.15, -0.1) is 0 Å². The minimum Gasteiger partial charge on any atom is -0.508 e. The Morgan fingerprint density at radius 2 is 1.62 bits per heavy atom. The molecule has 0 aliphatic carbocycles. The van der Waals surface area contributed by atoms with Crippen LogP contribution in [0, 0.1) is 0 Å². The molecule has 2 rings (SSSR count). The largest absolute Gasteiger partial charge is 0.508 e. The fraction of sp³-hybridized carbons (Fsp3) is 0.0556. The highest BCUT2D eigenvalue weighted by atomic mass is 16.5. The van der Waals surface area contributed by atoms with E-state index in [1.165, 1.54) is 12.2 Å². The standard InChI is InChI=1S/C18H16O3/c1-21-18-7-3-5-15(13-18)9-11-16(19)10-8-14-4-2-6-17(20)12-14/h2-13,20H,1H3/b10-8+,11-9+. The fourth-order valence-corrected chi connectivity index (χ4v) is 1.79. The molecule has 0 saturated heterocycles. The molecule has 21 heavy (non-hydrogen) atoms. The molecule has 0 spiro atoms. The van der Waals surface area contributed by atoms with E-state index in [4.69, 9.17) is 4.74 Å². The first-order valence-electron chi connectivity index (χ1n) is 6.50. The second-order valence-corrected chi connectivity index (χ2v) is 4.44. The number of rotatable bonds is 5. The first-order valence-corrected chi connectivity index (χ1v) is 6.50. The van der Waals surface area contributed by atoms with Crippen molar-refractivity contribution < 1.29 is 14.6 Å². The van der Waals surface area contributed by atoms with Crippen LogP contribution in [-0.4, -0.2) is 18.0 Å². The molecule has 2 aromatic carbocycles. The highest BCUT2D eigenvalue weighted by Gasteiger charge is 1.94. The number of carbonyl (C=O) groups is 1. The van der Waals surface area contributed by atoms with E-state index in [0.29, 0.717) is 0 Å². The molecule has 106 valence electrons. The second-order valence-electron chi connectivity index (χ2n) is 4.44. The summed E-state index contributed by atoms with van der Waals surface area (Å²) in [5, 5.41) is 9.34. The quantitative estimate of drug-likeness (QED) is 0.849. The molecule has 0 heterocycles. The lowest BCUT2D eigenvalue weighted by molar-refractivity contribution is -0.110. The van der Waals surface area contributed by atoms with Gasteiger partial charge in [0.2, 0.25) is 0 Å². The lowest BCUT2D eigenvalue weighted by Gasteiger charge is -1.99. The first-order chi connectivity index (χ1) is 10.2. The first kappa shape index (κ1) is 14.6. The van der Waals surface area contributed by atoms with Gasteiger partial charge in [-0.05, 0) is 47.5 Å². The van der Waals surface area contributed by atoms with E-state index < -0.39 is 0 Å². The predicted molar refractivity (Wildman–Crippen MR) is 84.2 cm³/mol. The average molecular weight is 280 g/mol. The van der Waals surface area contributed by atoms with Crippen LogP contribution in [0.5, 0.6) is 11.5 Å². The summed E-state index contributed by atoms with van der Waals surface area (Å²) in [6.07, 6.45) is 6.36. The summed E-state index contributed by atoms with van der Waals surface area (Å²) in [7, 11) is 1.60. The molecular weight excluding hydrogens is 264 g/mol. The Morgan fingerprint density at radius 1 is 1.00 bits per heavy atom. The average Bonchev–Trinajstić information content (AvgIpc) is 2.51. The van der Waals surface area contributed by atoms with Gasteiger partial charge in [0.25, 0.3) is 0 Å². The van der Waals surface area contributed by atoms with Crippen molar-refractivity contribution in [3.8, 4) is 11.5 Å². The van der Waals surface area contributed by atoms with E-state index in [-0.39, 0.29) is 11.5 Å². The highest BCUT2D eigenvalue weighted by Crippen LogP contribution is 2.14. The molecule has 0 saturated carbocycles. The number of phenolic OH excluding ortho intramolecular Hbond substituents is 1. The van der Waals surface area contributed by atoms with Crippen molar-refractivity contribution in [3.63, 3.8) is 0 Å². The third-order valence-electron chi connectivity index (χ3n) is 2.84. The molecule has 0 unspecified atom stereocenters. The number of phenols is 1. The van der Waals surface area contributed by atoms with Crippen molar-refractivity contribution in [2.45, 2.75) is 0 Å². The molecule has 0 aliphatic rings. The minimum atomic E-state index is -0.124. The monoisotopic (exact) mass is 280 g/mol. The third-order valence-corrected chi connectivity index (χ3v) is 2.84. The predicted octanol–water partition coefficient (Wildman–Crippen LogP) is 3.70. The van der Waals surface area contributed by atoms with Gasteiger partial charge in [-0.2, -0.15) is 0 Å². The van der Waals surface area contributed by atoms with Gasteiger partial charge in [-0.1, -0.05) is 36.4 Å². The van der Waals surface area contributed by atoms with E-state index in [2.05, 4.69) is 0 Å². The van der Waals surface area contributed by atoms with Gasteiger partial charge in [0.1, 0.15) is 11.5 Å². The summed E-state index contributed by atoms with van der Waals surface area (Å²) in [5.74, 6) is 0.803. The Balaban J connectivity index is 2.02. The van der Waals surface area contributed by atoms with Gasteiger partial charge in [0.05, 0.1) is 7.11 Å². The zero-order valence-electron chi connectivity index (χ0n) is 11.7. The Hall–Kier alpha value is -2.81. The van der Waals surface area contributed by atoms with Gasteiger partial charge in [0, 0.05) is 0 Å². The number of hydrogen-bond donors (Lipinski definition) is 1. The molecule has 1 N–H and O–H groups in total. The van der Waals surface area contributed by atoms with Crippen LogP contribution < -0.4 is 4.74 Å². The van der Waals surface area contributed by atoms with Crippen LogP contribution in [0.15, 0.2) is 60.7 Å². The number of aromatic hydroxyl groups is 1. The molecule has 3 nitrogen and oxygen atoms in total. The number of allylic oxidation sites excluding steroid dienone is 2. The molecule has 3 heteroatoms. The van der Waals surface area contributed by atoms with Gasteiger partial charge < -0.3 is 9.84 Å². The van der Waals surface area contributed by atoms with E-state index >= 15 is 0 Å². The molecular formula is C18H16O3. The van der Waals surface area contributed by atoms with Gasteiger partial charge in [-0.3, -0.25) is 4.79 Å². The Morgan fingerprint density at radius 3 is 2.24 bits per heavy atom. The molecule has 0 aliphatic heterocycles. The molecule has 0 aromatic heterocycles. The zero-order valence-corrected chi connectivity index (χ0v) is 11.7. The summed E-state index contributed by atoms with van der Waals surface area (Å²) in [5.41, 5.74) is 1.67. The van der Waals surface area contributed by atoms with Crippen LogP contribution in [-0.2, 0) is 4.79 Å². The highest BCUT2D eigenvalue weighted by molar-refractivity contribution is 6.04. The van der Waals surface area contributed by atoms with Gasteiger partial charge >= 0.3 is 0 Å². The van der Waals surface area contributed by atoms with Crippen LogP contribution in [0.25, 0.3) is 12.2 Å². The maximum Gasteiger partial charge on any atom is 0.178 e. The Bertz CT molecular complexity index is 684. The third kappa shape index (κ3) is 4.66. The zero-order chi connectivity index (χ0) is 15.1. The summed E-state index contributed by atoms with van der Waals surface area (Å²) in [6, 6.07) is 14.2. The van der Waals surface area contributed by atoms with E-state index in [9.17, 15) is 9.90 Å². The van der Waals surface area contributed by atoms with E-state index in [1.54, 1.807) is 37.5 Å². The van der Waals surface area contributed by atoms with E-state index in [0.717, 1.165) is 16.9 Å². The Kier molecular flexibility index (Phi) is 4.94. The lowest BCUT2D eigenvalue weighted by Crippen LogP contribution is -1.86. The van der Waals surface area contributed by atoms with E-state index in [1.807, 2.05) is 30.3 Å². The summed E-state index contributed by atoms with van der Waals surface area (Å²) < 4.78 is 5.12. The maximum atomic E-state index is 11.8. The number of hydrogen-bond acceptors (Lipinski definition) is 3. The molecule has 2 aromatic rings. The molecule has 0 radical (unpaired) electrons. The van der Waals surface area contributed by atoms with Crippen LogP contribution in [0.1, 0.15) is 11.1 Å². The summed E-state index contributed by atoms with van der Waals surface area (Å²) in [6.45, 7) is 0. The summed E-state index contributed by atoms with van der Waals surface area (Å²) in [4.78, 5) is 11.8. The number of ether oxygens (including phenoxy) is 1. The van der Waals surface area contributed by atoms with Crippen LogP contribution in [0.4, 0.5) is 0 Å². The lowest BCUT2D eigenvalue weighted by atomic mass is 10.1. The van der Waals surface area contributed by atoms with Crippen LogP contribution in [0.3, 0.4) is 0 Å². The van der Waals surface area contributed by atoms with Crippen LogP contribution in [0.2, 0.25) is 0 Å². The second kappa shape index (κ2) is 7.10. The number of methoxy groups -OCH3 is 1. The maximum absolute atomic E-state index is 11.8. The number of benzene rings is 2. The van der Waals surface area contributed by atoms with Crippen molar-refractivity contribution in [1.29, 1.82) is 0 Å².